The van der Waals surface area contributed by atoms with Crippen LogP contribution in [0.25, 0.3) is 0 Å². The van der Waals surface area contributed by atoms with Crippen LogP contribution in [-0.2, 0) is 4.79 Å². The summed E-state index contributed by atoms with van der Waals surface area (Å²) in [6.45, 7) is -0.250. The first-order valence-electron chi connectivity index (χ1n) is 9.14. The van der Waals surface area contributed by atoms with E-state index in [-0.39, 0.29) is 6.47 Å². The molecule has 0 spiro atoms. The van der Waals surface area contributed by atoms with Crippen molar-refractivity contribution in [3.05, 3.63) is 121 Å². The number of rotatable bonds is 4. The van der Waals surface area contributed by atoms with Crippen LogP contribution < -0.4 is 21.2 Å². The average Bonchev–Trinajstić information content (AvgIpc) is 2.78. The average molecular weight is 386 g/mol. The summed E-state index contributed by atoms with van der Waals surface area (Å²) >= 11 is 0. The summed E-state index contributed by atoms with van der Waals surface area (Å²) in [6, 6.07) is 44.0. The van der Waals surface area contributed by atoms with Crippen LogP contribution in [0.5, 0.6) is 0 Å². The number of hydrogen-bond donors (Lipinski definition) is 1. The predicted octanol–water partition coefficient (Wildman–Crippen LogP) is 3.74. The molecule has 0 unspecified atom stereocenters. The van der Waals surface area contributed by atoms with Crippen molar-refractivity contribution >= 4 is 35.0 Å². The zero-order valence-electron chi connectivity index (χ0n) is 15.5. The van der Waals surface area contributed by atoms with Crippen molar-refractivity contribution in [2.45, 2.75) is 0 Å². The normalized spacial score (nSPS) is 11.0. The molecule has 140 valence electrons. The second-order valence-electron chi connectivity index (χ2n) is 6.32. The van der Waals surface area contributed by atoms with Gasteiger partial charge in [-0.3, -0.25) is 4.79 Å². The second kappa shape index (κ2) is 9.64. The predicted molar refractivity (Wildman–Crippen MR) is 121 cm³/mol. The van der Waals surface area contributed by atoms with Crippen molar-refractivity contribution in [2.24, 2.45) is 0 Å². The molecule has 0 aliphatic rings. The molecule has 0 heterocycles. The molecule has 28 heavy (non-hydrogen) atoms. The third-order valence-electron chi connectivity index (χ3n) is 4.83. The molecule has 4 aromatic carbocycles. The molecule has 4 aromatic rings. The molecule has 0 radical (unpaired) electrons. The van der Waals surface area contributed by atoms with Crippen LogP contribution in [-0.4, -0.2) is 11.6 Å². The molecule has 0 bridgehead atoms. The third kappa shape index (κ3) is 3.88. The summed E-state index contributed by atoms with van der Waals surface area (Å²) in [5.74, 6) is 0. The van der Waals surface area contributed by atoms with Gasteiger partial charge in [0.15, 0.2) is 0 Å². The Kier molecular flexibility index (Phi) is 6.73. The Hall–Kier alpha value is -3.22. The van der Waals surface area contributed by atoms with Crippen molar-refractivity contribution in [3.63, 3.8) is 0 Å². The van der Waals surface area contributed by atoms with Gasteiger partial charge in [-0.15, -0.1) is 0 Å². The maximum absolute atomic E-state index is 8.36. The van der Waals surface area contributed by atoms with Gasteiger partial charge in [-0.25, -0.2) is 0 Å². The van der Waals surface area contributed by atoms with Gasteiger partial charge in [-0.2, -0.15) is 0 Å². The topological polar surface area (TPSA) is 37.3 Å². The molecule has 2 nitrogen and oxygen atoms in total. The fourth-order valence-corrected chi connectivity index (χ4v) is 8.52. The zero-order valence-corrected chi connectivity index (χ0v) is 16.5. The fraction of sp³-hybridized carbons (Fsp3) is 0. The number of hydrogen-bond acceptors (Lipinski definition) is 1. The van der Waals surface area contributed by atoms with Crippen molar-refractivity contribution in [3.8, 4) is 0 Å². The van der Waals surface area contributed by atoms with Gasteiger partial charge in [0, 0.05) is 0 Å². The van der Waals surface area contributed by atoms with E-state index >= 15 is 0 Å². The Bertz CT molecular complexity index is 808. The molecule has 0 aromatic heterocycles. The van der Waals surface area contributed by atoms with Gasteiger partial charge in [0.2, 0.25) is 0 Å². The van der Waals surface area contributed by atoms with Crippen LogP contribution in [0, 0.1) is 0 Å². The SMILES string of the molecule is O=CO.c1ccc([PH](c2ccccc2)(c2ccccc2)c2ccccc2)cc1. The van der Waals surface area contributed by atoms with Gasteiger partial charge in [0.05, 0.1) is 0 Å². The van der Waals surface area contributed by atoms with E-state index in [1.165, 1.54) is 21.2 Å². The van der Waals surface area contributed by atoms with E-state index in [1.54, 1.807) is 0 Å². The molecule has 0 saturated carbocycles. The Labute approximate surface area is 166 Å². The monoisotopic (exact) mass is 386 g/mol. The van der Waals surface area contributed by atoms with Crippen molar-refractivity contribution < 1.29 is 9.90 Å². The van der Waals surface area contributed by atoms with Crippen LogP contribution >= 0.6 is 7.26 Å². The van der Waals surface area contributed by atoms with Crippen LogP contribution in [0.15, 0.2) is 121 Å². The van der Waals surface area contributed by atoms with E-state index in [4.69, 9.17) is 9.90 Å². The number of carbonyl (C=O) groups is 1. The first-order valence-corrected chi connectivity index (χ1v) is 11.1. The molecule has 0 aliphatic heterocycles. The first-order chi connectivity index (χ1) is 13.8. The van der Waals surface area contributed by atoms with Gasteiger partial charge < -0.3 is 5.11 Å². The first kappa shape index (κ1) is 19.5. The molecule has 0 atom stereocenters. The maximum atomic E-state index is 8.36. The van der Waals surface area contributed by atoms with Crippen LogP contribution in [0.3, 0.4) is 0 Å². The zero-order chi connectivity index (χ0) is 19.7. The van der Waals surface area contributed by atoms with E-state index in [0.29, 0.717) is 0 Å². The Morgan fingerprint density at radius 3 is 0.821 bits per heavy atom. The van der Waals surface area contributed by atoms with Gasteiger partial charge in [0.1, 0.15) is 0 Å². The summed E-state index contributed by atoms with van der Waals surface area (Å²) in [4.78, 5) is 8.36. The minimum atomic E-state index is -2.30. The minimum absolute atomic E-state index is 0.250. The molecule has 1 N–H and O–H groups in total. The van der Waals surface area contributed by atoms with E-state index in [2.05, 4.69) is 121 Å². The molecule has 0 fully saturated rings. The quantitative estimate of drug-likeness (QED) is 0.429. The Balaban J connectivity index is 0.000000706. The van der Waals surface area contributed by atoms with E-state index < -0.39 is 7.26 Å². The summed E-state index contributed by atoms with van der Waals surface area (Å²) in [5.41, 5.74) is 0. The van der Waals surface area contributed by atoms with E-state index in [0.717, 1.165) is 0 Å². The van der Waals surface area contributed by atoms with E-state index in [1.807, 2.05) is 0 Å². The molecule has 3 heteroatoms. The van der Waals surface area contributed by atoms with Crippen LogP contribution in [0.4, 0.5) is 0 Å². The summed E-state index contributed by atoms with van der Waals surface area (Å²) in [7, 11) is -2.30. The van der Waals surface area contributed by atoms with E-state index in [9.17, 15) is 0 Å². The van der Waals surface area contributed by atoms with Crippen molar-refractivity contribution in [1.82, 2.24) is 0 Å². The molecule has 0 amide bonds. The summed E-state index contributed by atoms with van der Waals surface area (Å²) < 4.78 is 0. The fourth-order valence-electron chi connectivity index (χ4n) is 3.75. The van der Waals surface area contributed by atoms with Crippen molar-refractivity contribution in [2.75, 3.05) is 0 Å². The van der Waals surface area contributed by atoms with Gasteiger partial charge in [0.25, 0.3) is 6.47 Å². The van der Waals surface area contributed by atoms with Gasteiger partial charge in [-0.1, -0.05) is 0 Å². The third-order valence-corrected chi connectivity index (χ3v) is 9.62. The molecular weight excluding hydrogens is 363 g/mol. The van der Waals surface area contributed by atoms with Gasteiger partial charge >= 0.3 is 150 Å². The van der Waals surface area contributed by atoms with Crippen LogP contribution in [0.2, 0.25) is 0 Å². The molecular formula is C25H23O2P. The Morgan fingerprint density at radius 1 is 0.464 bits per heavy atom. The van der Waals surface area contributed by atoms with Gasteiger partial charge in [-0.05, 0) is 0 Å². The molecule has 0 aliphatic carbocycles. The molecule has 4 rings (SSSR count). The number of carboxylic acid groups (broad SMARTS) is 1. The standard InChI is InChI=1S/C24H21P.CH2O2/c1-5-13-21(14-6-1)25(22-15-7-2-8-16-22,23-17-9-3-10-18-23)24-19-11-4-12-20-24;2-1-3/h1-20,25H;1H,(H,2,3). The van der Waals surface area contributed by atoms with Crippen molar-refractivity contribution in [1.29, 1.82) is 0 Å². The Morgan fingerprint density at radius 2 is 0.643 bits per heavy atom. The number of benzene rings is 4. The summed E-state index contributed by atoms with van der Waals surface area (Å²) in [5, 5.41) is 12.6. The summed E-state index contributed by atoms with van der Waals surface area (Å²) in [6.07, 6.45) is 0. The molecule has 0 saturated heterocycles. The van der Waals surface area contributed by atoms with Crippen LogP contribution in [0.1, 0.15) is 0 Å². The second-order valence-corrected chi connectivity index (χ2v) is 10.1.